The fourth-order valence-electron chi connectivity index (χ4n) is 2.05. The third-order valence-electron chi connectivity index (χ3n) is 3.34. The Morgan fingerprint density at radius 3 is 2.58 bits per heavy atom. The van der Waals surface area contributed by atoms with Crippen molar-refractivity contribution in [2.75, 3.05) is 20.8 Å². The lowest BCUT2D eigenvalue weighted by atomic mass is 10.0. The molecular weight excluding hydrogens is 242 g/mol. The molecule has 0 heterocycles. The number of carbonyl (C=O) groups is 1. The van der Waals surface area contributed by atoms with Crippen LogP contribution >= 0.6 is 0 Å². The second-order valence-corrected chi connectivity index (χ2v) is 5.00. The van der Waals surface area contributed by atoms with Gasteiger partial charge in [-0.05, 0) is 18.9 Å². The molecule has 0 bridgehead atoms. The van der Waals surface area contributed by atoms with Gasteiger partial charge in [-0.15, -0.1) is 0 Å². The van der Waals surface area contributed by atoms with Gasteiger partial charge in [0.25, 0.3) is 0 Å². The molecule has 1 amide bonds. The predicted octanol–water partition coefficient (Wildman–Crippen LogP) is 2.58. The summed E-state index contributed by atoms with van der Waals surface area (Å²) in [7, 11) is 3.40. The van der Waals surface area contributed by atoms with Gasteiger partial charge in [-0.25, -0.2) is 0 Å². The molecule has 0 radical (unpaired) electrons. The van der Waals surface area contributed by atoms with Gasteiger partial charge in [0.05, 0.1) is 6.04 Å². The molecule has 1 aromatic carbocycles. The topological polar surface area (TPSA) is 49.8 Å². The Hall–Kier alpha value is -1.55. The number of methoxy groups -OCH3 is 1. The highest BCUT2D eigenvalue weighted by Crippen LogP contribution is 2.27. The average molecular weight is 265 g/mol. The normalized spacial score (nSPS) is 13.9. The van der Waals surface area contributed by atoms with Gasteiger partial charge < -0.3 is 14.7 Å². The number of phenolic OH excluding ortho intramolecular Hbond substituents is 1. The quantitative estimate of drug-likeness (QED) is 0.860. The molecule has 19 heavy (non-hydrogen) atoms. The van der Waals surface area contributed by atoms with Gasteiger partial charge in [0.2, 0.25) is 5.91 Å². The second-order valence-electron chi connectivity index (χ2n) is 5.00. The maximum Gasteiger partial charge on any atom is 0.223 e. The molecule has 0 fully saturated rings. The van der Waals surface area contributed by atoms with E-state index < -0.39 is 0 Å². The van der Waals surface area contributed by atoms with Crippen LogP contribution in [0.4, 0.5) is 0 Å². The minimum Gasteiger partial charge on any atom is -0.508 e. The van der Waals surface area contributed by atoms with Crippen molar-refractivity contribution >= 4 is 5.91 Å². The SMILES string of the molecule is COCC(C)CC(=O)N(C)C(C)c1ccccc1O. The van der Waals surface area contributed by atoms with E-state index in [1.807, 2.05) is 26.0 Å². The van der Waals surface area contributed by atoms with E-state index in [2.05, 4.69) is 0 Å². The first-order chi connectivity index (χ1) is 8.97. The maximum atomic E-state index is 12.1. The number of benzene rings is 1. The van der Waals surface area contributed by atoms with E-state index in [1.54, 1.807) is 31.2 Å². The number of rotatable bonds is 6. The van der Waals surface area contributed by atoms with Gasteiger partial charge >= 0.3 is 0 Å². The van der Waals surface area contributed by atoms with Gasteiger partial charge in [0.1, 0.15) is 5.75 Å². The Morgan fingerprint density at radius 1 is 1.37 bits per heavy atom. The van der Waals surface area contributed by atoms with E-state index in [4.69, 9.17) is 4.74 Å². The molecule has 0 saturated carbocycles. The number of hydrogen-bond acceptors (Lipinski definition) is 3. The molecule has 1 rings (SSSR count). The van der Waals surface area contributed by atoms with E-state index in [9.17, 15) is 9.90 Å². The molecule has 0 spiro atoms. The minimum absolute atomic E-state index is 0.0558. The van der Waals surface area contributed by atoms with Gasteiger partial charge in [-0.2, -0.15) is 0 Å². The van der Waals surface area contributed by atoms with Crippen LogP contribution in [0.2, 0.25) is 0 Å². The molecule has 1 N–H and O–H groups in total. The fraction of sp³-hybridized carbons (Fsp3) is 0.533. The lowest BCUT2D eigenvalue weighted by Gasteiger charge is -2.27. The summed E-state index contributed by atoms with van der Waals surface area (Å²) in [4.78, 5) is 13.8. The van der Waals surface area contributed by atoms with Crippen molar-refractivity contribution < 1.29 is 14.6 Å². The van der Waals surface area contributed by atoms with Crippen LogP contribution in [-0.2, 0) is 9.53 Å². The Balaban J connectivity index is 2.69. The zero-order chi connectivity index (χ0) is 14.4. The van der Waals surface area contributed by atoms with E-state index >= 15 is 0 Å². The summed E-state index contributed by atoms with van der Waals surface area (Å²) in [6, 6.07) is 6.95. The van der Waals surface area contributed by atoms with Crippen molar-refractivity contribution in [3.8, 4) is 5.75 Å². The van der Waals surface area contributed by atoms with Crippen LogP contribution in [0.3, 0.4) is 0 Å². The van der Waals surface area contributed by atoms with Gasteiger partial charge in [-0.3, -0.25) is 4.79 Å². The summed E-state index contributed by atoms with van der Waals surface area (Å²) in [5.41, 5.74) is 0.762. The summed E-state index contributed by atoms with van der Waals surface area (Å²) in [6.45, 7) is 4.47. The Morgan fingerprint density at radius 2 is 2.00 bits per heavy atom. The number of aromatic hydroxyl groups is 1. The lowest BCUT2D eigenvalue weighted by molar-refractivity contribution is -0.133. The molecule has 0 saturated heterocycles. The maximum absolute atomic E-state index is 12.1. The standard InChI is InChI=1S/C15H23NO3/c1-11(10-19-4)9-15(18)16(3)12(2)13-7-5-6-8-14(13)17/h5-8,11-12,17H,9-10H2,1-4H3. The fourth-order valence-corrected chi connectivity index (χ4v) is 2.05. The largest absolute Gasteiger partial charge is 0.508 e. The Labute approximate surface area is 115 Å². The monoisotopic (exact) mass is 265 g/mol. The van der Waals surface area contributed by atoms with Crippen LogP contribution in [0.1, 0.15) is 31.9 Å². The number of hydrogen-bond donors (Lipinski definition) is 1. The average Bonchev–Trinajstić information content (AvgIpc) is 2.37. The van der Waals surface area contributed by atoms with Crippen molar-refractivity contribution in [3.63, 3.8) is 0 Å². The lowest BCUT2D eigenvalue weighted by Crippen LogP contribution is -2.31. The summed E-state index contributed by atoms with van der Waals surface area (Å²) in [5.74, 6) is 0.469. The Kier molecular flexibility index (Phi) is 5.83. The predicted molar refractivity (Wildman–Crippen MR) is 74.9 cm³/mol. The van der Waals surface area contributed by atoms with Gasteiger partial charge in [-0.1, -0.05) is 25.1 Å². The summed E-state index contributed by atoms with van der Waals surface area (Å²) in [5, 5.41) is 9.82. The zero-order valence-electron chi connectivity index (χ0n) is 12.1. The summed E-state index contributed by atoms with van der Waals surface area (Å²) < 4.78 is 5.04. The third kappa shape index (κ3) is 4.24. The molecule has 0 aliphatic rings. The molecule has 0 aliphatic heterocycles. The van der Waals surface area contributed by atoms with E-state index in [0.29, 0.717) is 13.0 Å². The van der Waals surface area contributed by atoms with Crippen LogP contribution in [0.5, 0.6) is 5.75 Å². The first-order valence-electron chi connectivity index (χ1n) is 6.49. The molecule has 2 unspecified atom stereocenters. The molecule has 2 atom stereocenters. The van der Waals surface area contributed by atoms with Crippen LogP contribution in [-0.4, -0.2) is 36.7 Å². The molecule has 1 aromatic rings. The number of para-hydroxylation sites is 1. The van der Waals surface area contributed by atoms with Crippen molar-refractivity contribution in [2.45, 2.75) is 26.3 Å². The second kappa shape index (κ2) is 7.14. The van der Waals surface area contributed by atoms with Crippen molar-refractivity contribution in [1.82, 2.24) is 4.90 Å². The molecule has 0 aliphatic carbocycles. The number of carbonyl (C=O) groups excluding carboxylic acids is 1. The highest BCUT2D eigenvalue weighted by molar-refractivity contribution is 5.76. The third-order valence-corrected chi connectivity index (χ3v) is 3.34. The highest BCUT2D eigenvalue weighted by atomic mass is 16.5. The molecule has 0 aromatic heterocycles. The van der Waals surface area contributed by atoms with E-state index in [-0.39, 0.29) is 23.6 Å². The Bertz CT molecular complexity index is 420. The van der Waals surface area contributed by atoms with Crippen LogP contribution < -0.4 is 0 Å². The number of ether oxygens (including phenoxy) is 1. The van der Waals surface area contributed by atoms with E-state index in [0.717, 1.165) is 5.56 Å². The smallest absolute Gasteiger partial charge is 0.223 e. The van der Waals surface area contributed by atoms with Crippen LogP contribution in [0, 0.1) is 5.92 Å². The molecular formula is C15H23NO3. The number of nitrogens with zero attached hydrogens (tertiary/aromatic N) is 1. The first-order valence-corrected chi connectivity index (χ1v) is 6.49. The first kappa shape index (κ1) is 15.5. The summed E-state index contributed by atoms with van der Waals surface area (Å²) in [6.07, 6.45) is 0.447. The van der Waals surface area contributed by atoms with Crippen LogP contribution in [0.15, 0.2) is 24.3 Å². The van der Waals surface area contributed by atoms with Crippen LogP contribution in [0.25, 0.3) is 0 Å². The number of phenols is 1. The van der Waals surface area contributed by atoms with Crippen molar-refractivity contribution in [2.24, 2.45) is 5.92 Å². The van der Waals surface area contributed by atoms with Gasteiger partial charge in [0.15, 0.2) is 0 Å². The summed E-state index contributed by atoms with van der Waals surface area (Å²) >= 11 is 0. The minimum atomic E-state index is -0.150. The molecule has 4 nitrogen and oxygen atoms in total. The molecule has 4 heteroatoms. The zero-order valence-corrected chi connectivity index (χ0v) is 12.1. The number of amides is 1. The molecule has 106 valence electrons. The van der Waals surface area contributed by atoms with E-state index in [1.165, 1.54) is 0 Å². The van der Waals surface area contributed by atoms with Crippen molar-refractivity contribution in [3.05, 3.63) is 29.8 Å². The van der Waals surface area contributed by atoms with Crippen molar-refractivity contribution in [1.29, 1.82) is 0 Å². The van der Waals surface area contributed by atoms with Gasteiger partial charge in [0, 0.05) is 32.7 Å². The highest BCUT2D eigenvalue weighted by Gasteiger charge is 2.21.